The van der Waals surface area contributed by atoms with E-state index in [0.717, 1.165) is 43.1 Å². The number of rotatable bonds is 8. The highest BCUT2D eigenvalue weighted by Crippen LogP contribution is 2.26. The van der Waals surface area contributed by atoms with Crippen molar-refractivity contribution in [2.45, 2.75) is 5.22 Å². The second-order valence-electron chi connectivity index (χ2n) is 7.46. The monoisotopic (exact) mass is 463 g/mol. The molecular weight excluding hydrogens is 438 g/mol. The van der Waals surface area contributed by atoms with Crippen molar-refractivity contribution in [2.24, 2.45) is 0 Å². The van der Waals surface area contributed by atoms with E-state index in [2.05, 4.69) is 31.2 Å². The number of carbonyl (C=O) groups excluding carboxylic acids is 1. The maximum absolute atomic E-state index is 12.4. The molecule has 1 aromatic heterocycles. The zero-order valence-electron chi connectivity index (χ0n) is 18.4. The van der Waals surface area contributed by atoms with Gasteiger partial charge in [-0.3, -0.25) is 9.69 Å². The molecule has 0 saturated carbocycles. The Labute approximate surface area is 197 Å². The third-order valence-electron chi connectivity index (χ3n) is 5.25. The van der Waals surface area contributed by atoms with Crippen LogP contribution < -0.4 is 15.0 Å². The number of carbonyl (C=O) groups is 1. The first-order chi connectivity index (χ1) is 16.1. The van der Waals surface area contributed by atoms with Crippen LogP contribution in [0, 0.1) is 12.3 Å². The lowest BCUT2D eigenvalue weighted by Crippen LogP contribution is -2.46. The quantitative estimate of drug-likeness (QED) is 0.403. The van der Waals surface area contributed by atoms with Crippen molar-refractivity contribution in [3.63, 3.8) is 0 Å². The van der Waals surface area contributed by atoms with E-state index in [1.165, 1.54) is 11.8 Å². The molecule has 0 radical (unpaired) electrons. The predicted molar refractivity (Wildman–Crippen MR) is 130 cm³/mol. The number of piperazine rings is 1. The molecule has 4 rings (SSSR count). The van der Waals surface area contributed by atoms with Crippen LogP contribution in [0.2, 0.25) is 0 Å². The lowest BCUT2D eigenvalue weighted by molar-refractivity contribution is -0.113. The van der Waals surface area contributed by atoms with Gasteiger partial charge in [-0.15, -0.1) is 16.6 Å². The van der Waals surface area contributed by atoms with Crippen molar-refractivity contribution < 1.29 is 13.9 Å². The molecule has 1 aliphatic heterocycles. The second-order valence-corrected chi connectivity index (χ2v) is 8.38. The molecule has 9 heteroatoms. The molecule has 1 fully saturated rings. The summed E-state index contributed by atoms with van der Waals surface area (Å²) in [4.78, 5) is 17.0. The fraction of sp³-hybridized carbons (Fsp3) is 0.292. The van der Waals surface area contributed by atoms with Gasteiger partial charge in [0.15, 0.2) is 0 Å². The minimum atomic E-state index is -0.142. The topological polar surface area (TPSA) is 83.7 Å². The van der Waals surface area contributed by atoms with Gasteiger partial charge in [0.1, 0.15) is 5.75 Å². The summed E-state index contributed by atoms with van der Waals surface area (Å²) in [6.07, 6.45) is 5.39. The average Bonchev–Trinajstić information content (AvgIpc) is 3.33. The predicted octanol–water partition coefficient (Wildman–Crippen LogP) is 3.23. The van der Waals surface area contributed by atoms with Crippen LogP contribution >= 0.6 is 11.8 Å². The fourth-order valence-electron chi connectivity index (χ4n) is 3.51. The van der Waals surface area contributed by atoms with Gasteiger partial charge in [-0.1, -0.05) is 23.7 Å². The molecule has 2 heterocycles. The Morgan fingerprint density at radius 3 is 2.70 bits per heavy atom. The number of hydrogen-bond donors (Lipinski definition) is 1. The second kappa shape index (κ2) is 10.9. The highest BCUT2D eigenvalue weighted by atomic mass is 32.2. The Balaban J connectivity index is 1.26. The molecule has 0 bridgehead atoms. The van der Waals surface area contributed by atoms with Crippen LogP contribution in [0.15, 0.2) is 58.2 Å². The Morgan fingerprint density at radius 2 is 1.97 bits per heavy atom. The number of terminal acetylenes is 1. The van der Waals surface area contributed by atoms with Crippen LogP contribution in [0.4, 0.5) is 11.4 Å². The minimum absolute atomic E-state index is 0.142. The molecule has 33 heavy (non-hydrogen) atoms. The van der Waals surface area contributed by atoms with E-state index >= 15 is 0 Å². The average molecular weight is 464 g/mol. The smallest absolute Gasteiger partial charge is 0.277 e. The van der Waals surface area contributed by atoms with E-state index in [-0.39, 0.29) is 11.7 Å². The van der Waals surface area contributed by atoms with Gasteiger partial charge in [-0.05, 0) is 42.5 Å². The molecule has 1 aliphatic rings. The third-order valence-corrected chi connectivity index (χ3v) is 6.07. The fourth-order valence-corrected chi connectivity index (χ4v) is 4.08. The van der Waals surface area contributed by atoms with Crippen LogP contribution in [0.25, 0.3) is 11.5 Å². The summed E-state index contributed by atoms with van der Waals surface area (Å²) in [5.41, 5.74) is 2.65. The number of nitrogens with one attached hydrogen (secondary N) is 1. The number of amides is 1. The number of hydrogen-bond acceptors (Lipinski definition) is 8. The minimum Gasteiger partial charge on any atom is -0.497 e. The van der Waals surface area contributed by atoms with E-state index in [4.69, 9.17) is 15.6 Å². The van der Waals surface area contributed by atoms with Crippen molar-refractivity contribution >= 4 is 29.0 Å². The maximum atomic E-state index is 12.4. The van der Waals surface area contributed by atoms with Crippen LogP contribution in [0.5, 0.6) is 5.75 Å². The maximum Gasteiger partial charge on any atom is 0.277 e. The summed E-state index contributed by atoms with van der Waals surface area (Å²) in [5, 5.41) is 11.3. The van der Waals surface area contributed by atoms with E-state index in [9.17, 15) is 4.79 Å². The Bertz CT molecular complexity index is 1120. The highest BCUT2D eigenvalue weighted by Gasteiger charge is 2.16. The van der Waals surface area contributed by atoms with Gasteiger partial charge < -0.3 is 19.4 Å². The normalized spacial score (nSPS) is 14.0. The SMILES string of the molecule is C#CCN1CCN(c2ccc(NC(=O)CSc3nnc(-c4cccc(OC)c4)o3)cc2)CC1. The van der Waals surface area contributed by atoms with Crippen molar-refractivity contribution in [3.8, 4) is 29.5 Å². The lowest BCUT2D eigenvalue weighted by Gasteiger charge is -2.35. The molecular formula is C24H25N5O3S. The first kappa shape index (κ1) is 22.7. The molecule has 0 unspecified atom stereocenters. The van der Waals surface area contributed by atoms with Crippen LogP contribution in [-0.2, 0) is 4.79 Å². The number of aromatic nitrogens is 2. The van der Waals surface area contributed by atoms with Gasteiger partial charge in [-0.2, -0.15) is 0 Å². The number of methoxy groups -OCH3 is 1. The van der Waals surface area contributed by atoms with Crippen LogP contribution in [0.1, 0.15) is 0 Å². The van der Waals surface area contributed by atoms with Gasteiger partial charge in [0.25, 0.3) is 5.22 Å². The number of thioether (sulfide) groups is 1. The largest absolute Gasteiger partial charge is 0.497 e. The zero-order chi connectivity index (χ0) is 23.0. The molecule has 1 N–H and O–H groups in total. The molecule has 0 spiro atoms. The standard InChI is InChI=1S/C24H25N5O3S/c1-3-11-28-12-14-29(15-13-28)20-9-7-19(8-10-20)25-22(30)17-33-24-27-26-23(32-24)18-5-4-6-21(16-18)31-2/h1,4-10,16H,11-15,17H2,2H3,(H,25,30). The Hall–Kier alpha value is -3.48. The highest BCUT2D eigenvalue weighted by molar-refractivity contribution is 7.99. The van der Waals surface area contributed by atoms with Crippen molar-refractivity contribution in [2.75, 3.05) is 55.8 Å². The Morgan fingerprint density at radius 1 is 1.18 bits per heavy atom. The van der Waals surface area contributed by atoms with E-state index in [1.54, 1.807) is 7.11 Å². The molecule has 2 aromatic carbocycles. The number of benzene rings is 2. The van der Waals surface area contributed by atoms with E-state index in [0.29, 0.717) is 23.4 Å². The molecule has 0 aliphatic carbocycles. The molecule has 170 valence electrons. The van der Waals surface area contributed by atoms with Crippen molar-refractivity contribution in [3.05, 3.63) is 48.5 Å². The van der Waals surface area contributed by atoms with E-state index in [1.807, 2.05) is 48.5 Å². The van der Waals surface area contributed by atoms with Gasteiger partial charge in [-0.25, -0.2) is 0 Å². The zero-order valence-corrected chi connectivity index (χ0v) is 19.2. The van der Waals surface area contributed by atoms with Gasteiger partial charge in [0.05, 0.1) is 19.4 Å². The summed E-state index contributed by atoms with van der Waals surface area (Å²) < 4.78 is 10.9. The van der Waals surface area contributed by atoms with Crippen molar-refractivity contribution in [1.82, 2.24) is 15.1 Å². The summed E-state index contributed by atoms with van der Waals surface area (Å²) in [6.45, 7) is 4.48. The summed E-state index contributed by atoms with van der Waals surface area (Å²) >= 11 is 1.19. The van der Waals surface area contributed by atoms with Gasteiger partial charge in [0.2, 0.25) is 11.8 Å². The van der Waals surface area contributed by atoms with Crippen molar-refractivity contribution in [1.29, 1.82) is 0 Å². The molecule has 1 saturated heterocycles. The molecule has 0 atom stereocenters. The number of anilines is 2. The van der Waals surface area contributed by atoms with E-state index < -0.39 is 0 Å². The Kier molecular flexibility index (Phi) is 7.50. The van der Waals surface area contributed by atoms with Gasteiger partial charge in [0, 0.05) is 43.1 Å². The number of ether oxygens (including phenoxy) is 1. The molecule has 8 nitrogen and oxygen atoms in total. The summed E-state index contributed by atoms with van der Waals surface area (Å²) in [7, 11) is 1.60. The lowest BCUT2D eigenvalue weighted by atomic mass is 10.2. The third kappa shape index (κ3) is 6.06. The van der Waals surface area contributed by atoms with Gasteiger partial charge >= 0.3 is 0 Å². The molecule has 3 aromatic rings. The summed E-state index contributed by atoms with van der Waals surface area (Å²) in [6, 6.07) is 15.2. The number of nitrogens with zero attached hydrogens (tertiary/aromatic N) is 4. The van der Waals surface area contributed by atoms with Crippen LogP contribution in [-0.4, -0.2) is 66.6 Å². The van der Waals surface area contributed by atoms with Crippen LogP contribution in [0.3, 0.4) is 0 Å². The first-order valence-corrected chi connectivity index (χ1v) is 11.5. The molecule has 1 amide bonds. The summed E-state index contributed by atoms with van der Waals surface area (Å²) in [5.74, 6) is 3.81. The first-order valence-electron chi connectivity index (χ1n) is 10.6.